The zero-order chi connectivity index (χ0) is 12.5. The molecule has 2 heterocycles. The summed E-state index contributed by atoms with van der Waals surface area (Å²) < 4.78 is 0. The summed E-state index contributed by atoms with van der Waals surface area (Å²) in [7, 11) is 0. The number of hydrogen-bond donors (Lipinski definition) is 1. The maximum absolute atomic E-state index is 11.9. The predicted molar refractivity (Wildman–Crippen MR) is 65.9 cm³/mol. The van der Waals surface area contributed by atoms with Crippen molar-refractivity contribution in [1.29, 1.82) is 0 Å². The largest absolute Gasteiger partial charge is 0.353 e. The van der Waals surface area contributed by atoms with E-state index in [1.807, 2.05) is 6.07 Å². The van der Waals surface area contributed by atoms with Gasteiger partial charge in [-0.1, -0.05) is 0 Å². The Balaban J connectivity index is 1.68. The Morgan fingerprint density at radius 2 is 2.28 bits per heavy atom. The lowest BCUT2D eigenvalue weighted by Gasteiger charge is -2.15. The summed E-state index contributed by atoms with van der Waals surface area (Å²) >= 11 is 0. The van der Waals surface area contributed by atoms with E-state index in [9.17, 15) is 9.59 Å². The minimum Gasteiger partial charge on any atom is -0.353 e. The summed E-state index contributed by atoms with van der Waals surface area (Å²) in [6.45, 7) is 0.461. The van der Waals surface area contributed by atoms with E-state index in [1.165, 1.54) is 0 Å². The third kappa shape index (κ3) is 2.20. The van der Waals surface area contributed by atoms with Gasteiger partial charge in [-0.2, -0.15) is 0 Å². The van der Waals surface area contributed by atoms with Crippen LogP contribution in [-0.2, 0) is 9.59 Å². The highest BCUT2D eigenvalue weighted by molar-refractivity contribution is 6.00. The molecule has 2 fully saturated rings. The SMILES string of the molecule is O=C(NC1CC1)C1CC(=O)N(c2cccnc2)C1. The van der Waals surface area contributed by atoms with Crippen molar-refractivity contribution in [3.8, 4) is 0 Å². The third-order valence-electron chi connectivity index (χ3n) is 3.38. The second kappa shape index (κ2) is 4.40. The molecule has 1 saturated heterocycles. The fourth-order valence-corrected chi connectivity index (χ4v) is 2.19. The van der Waals surface area contributed by atoms with Crippen molar-refractivity contribution in [2.24, 2.45) is 5.92 Å². The number of nitrogens with zero attached hydrogens (tertiary/aromatic N) is 2. The summed E-state index contributed by atoms with van der Waals surface area (Å²) in [6.07, 6.45) is 5.76. The number of pyridine rings is 1. The number of anilines is 1. The Morgan fingerprint density at radius 3 is 2.94 bits per heavy atom. The van der Waals surface area contributed by atoms with Crippen LogP contribution in [0, 0.1) is 5.92 Å². The first kappa shape index (κ1) is 11.2. The van der Waals surface area contributed by atoms with Gasteiger partial charge in [-0.05, 0) is 25.0 Å². The molecule has 1 N–H and O–H groups in total. The van der Waals surface area contributed by atoms with Crippen LogP contribution in [-0.4, -0.2) is 29.4 Å². The molecule has 5 heteroatoms. The first-order valence-corrected chi connectivity index (χ1v) is 6.25. The van der Waals surface area contributed by atoms with Crippen molar-refractivity contribution in [3.05, 3.63) is 24.5 Å². The fourth-order valence-electron chi connectivity index (χ4n) is 2.19. The van der Waals surface area contributed by atoms with Crippen LogP contribution in [0.2, 0.25) is 0 Å². The molecule has 1 aliphatic carbocycles. The molecule has 5 nitrogen and oxygen atoms in total. The lowest BCUT2D eigenvalue weighted by Crippen LogP contribution is -2.34. The van der Waals surface area contributed by atoms with Crippen LogP contribution in [0.1, 0.15) is 19.3 Å². The van der Waals surface area contributed by atoms with Crippen LogP contribution in [0.3, 0.4) is 0 Å². The average molecular weight is 245 g/mol. The lowest BCUT2D eigenvalue weighted by atomic mass is 10.1. The standard InChI is InChI=1S/C13H15N3O2/c17-12-6-9(13(18)15-10-3-4-10)8-16(12)11-2-1-5-14-7-11/h1-2,5,7,9-10H,3-4,6,8H2,(H,15,18). The van der Waals surface area contributed by atoms with Crippen LogP contribution in [0.5, 0.6) is 0 Å². The zero-order valence-electron chi connectivity index (χ0n) is 10.0. The van der Waals surface area contributed by atoms with Gasteiger partial charge in [-0.3, -0.25) is 14.6 Å². The molecule has 3 rings (SSSR count). The minimum absolute atomic E-state index is 0.000975. The van der Waals surface area contributed by atoms with Crippen LogP contribution in [0.25, 0.3) is 0 Å². The molecule has 2 amide bonds. The van der Waals surface area contributed by atoms with Crippen molar-refractivity contribution < 1.29 is 9.59 Å². The third-order valence-corrected chi connectivity index (χ3v) is 3.38. The average Bonchev–Trinajstić information content (AvgIpc) is 3.10. The van der Waals surface area contributed by atoms with Crippen LogP contribution in [0.4, 0.5) is 5.69 Å². The van der Waals surface area contributed by atoms with E-state index in [4.69, 9.17) is 0 Å². The quantitative estimate of drug-likeness (QED) is 0.853. The number of rotatable bonds is 3. The number of carbonyl (C=O) groups is 2. The van der Waals surface area contributed by atoms with E-state index in [0.29, 0.717) is 19.0 Å². The Morgan fingerprint density at radius 1 is 1.44 bits per heavy atom. The van der Waals surface area contributed by atoms with Crippen LogP contribution in [0.15, 0.2) is 24.5 Å². The topological polar surface area (TPSA) is 62.3 Å². The van der Waals surface area contributed by atoms with E-state index in [0.717, 1.165) is 18.5 Å². The molecular formula is C13H15N3O2. The highest BCUT2D eigenvalue weighted by Gasteiger charge is 2.37. The Labute approximate surface area is 105 Å². The first-order chi connectivity index (χ1) is 8.74. The molecule has 1 saturated carbocycles. The van der Waals surface area contributed by atoms with Crippen molar-refractivity contribution in [1.82, 2.24) is 10.3 Å². The van der Waals surface area contributed by atoms with E-state index < -0.39 is 0 Å². The Hall–Kier alpha value is -1.91. The Kier molecular flexibility index (Phi) is 2.74. The maximum Gasteiger partial charge on any atom is 0.227 e. The van der Waals surface area contributed by atoms with Gasteiger partial charge in [0.1, 0.15) is 0 Å². The molecule has 2 aliphatic rings. The highest BCUT2D eigenvalue weighted by Crippen LogP contribution is 2.26. The van der Waals surface area contributed by atoms with E-state index >= 15 is 0 Å². The van der Waals surface area contributed by atoms with Crippen LogP contribution >= 0.6 is 0 Å². The lowest BCUT2D eigenvalue weighted by molar-refractivity contribution is -0.126. The predicted octanol–water partition coefficient (Wildman–Crippen LogP) is 0.713. The van der Waals surface area contributed by atoms with Gasteiger partial charge in [0.15, 0.2) is 0 Å². The normalized spacial score (nSPS) is 23.2. The van der Waals surface area contributed by atoms with Crippen molar-refractivity contribution in [3.63, 3.8) is 0 Å². The van der Waals surface area contributed by atoms with Crippen molar-refractivity contribution in [2.45, 2.75) is 25.3 Å². The van der Waals surface area contributed by atoms with Gasteiger partial charge in [0.25, 0.3) is 0 Å². The molecule has 0 bridgehead atoms. The van der Waals surface area contributed by atoms with Gasteiger partial charge in [0.2, 0.25) is 11.8 Å². The molecule has 1 aromatic rings. The highest BCUT2D eigenvalue weighted by atomic mass is 16.2. The molecule has 1 atom stereocenters. The number of aromatic nitrogens is 1. The van der Waals surface area contributed by atoms with E-state index in [1.54, 1.807) is 23.4 Å². The molecule has 1 aliphatic heterocycles. The molecular weight excluding hydrogens is 230 g/mol. The maximum atomic E-state index is 11.9. The number of nitrogens with one attached hydrogen (secondary N) is 1. The fraction of sp³-hybridized carbons (Fsp3) is 0.462. The number of carbonyl (C=O) groups excluding carboxylic acids is 2. The molecule has 0 radical (unpaired) electrons. The van der Waals surface area contributed by atoms with Gasteiger partial charge in [-0.15, -0.1) is 0 Å². The monoisotopic (exact) mass is 245 g/mol. The summed E-state index contributed by atoms with van der Waals surface area (Å²) in [5.74, 6) is -0.213. The van der Waals surface area contributed by atoms with Gasteiger partial charge >= 0.3 is 0 Å². The summed E-state index contributed by atoms with van der Waals surface area (Å²) in [5.41, 5.74) is 0.768. The van der Waals surface area contributed by atoms with Gasteiger partial charge in [-0.25, -0.2) is 0 Å². The zero-order valence-corrected chi connectivity index (χ0v) is 10.0. The molecule has 1 unspecified atom stereocenters. The van der Waals surface area contributed by atoms with Gasteiger partial charge in [0.05, 0.1) is 17.8 Å². The van der Waals surface area contributed by atoms with Gasteiger partial charge < -0.3 is 10.2 Å². The minimum atomic E-state index is -0.224. The molecule has 0 spiro atoms. The summed E-state index contributed by atoms with van der Waals surface area (Å²) in [5, 5.41) is 2.95. The van der Waals surface area contributed by atoms with Crippen molar-refractivity contribution >= 4 is 17.5 Å². The van der Waals surface area contributed by atoms with Gasteiger partial charge in [0, 0.05) is 25.2 Å². The molecule has 1 aromatic heterocycles. The van der Waals surface area contributed by atoms with Crippen LogP contribution < -0.4 is 10.2 Å². The Bertz CT molecular complexity index is 470. The van der Waals surface area contributed by atoms with E-state index in [2.05, 4.69) is 10.3 Å². The van der Waals surface area contributed by atoms with Crippen molar-refractivity contribution in [2.75, 3.05) is 11.4 Å². The molecule has 0 aromatic carbocycles. The van der Waals surface area contributed by atoms with E-state index in [-0.39, 0.29) is 17.7 Å². The molecule has 18 heavy (non-hydrogen) atoms. The summed E-state index contributed by atoms with van der Waals surface area (Å²) in [4.78, 5) is 29.5. The summed E-state index contributed by atoms with van der Waals surface area (Å²) in [6, 6.07) is 3.98. The molecule has 94 valence electrons. The smallest absolute Gasteiger partial charge is 0.227 e. The number of hydrogen-bond acceptors (Lipinski definition) is 3. The number of amides is 2. The second-order valence-electron chi connectivity index (χ2n) is 4.90. The second-order valence-corrected chi connectivity index (χ2v) is 4.90. The first-order valence-electron chi connectivity index (χ1n) is 6.25.